The highest BCUT2D eigenvalue weighted by atomic mass is 16.6. The predicted octanol–water partition coefficient (Wildman–Crippen LogP) is -1.18. The first-order valence-corrected chi connectivity index (χ1v) is 10.9. The Morgan fingerprint density at radius 1 is 1.19 bits per heavy atom. The second-order valence-corrected chi connectivity index (χ2v) is 8.30. The minimum Gasteiger partial charge on any atom is -0.481 e. The van der Waals surface area contributed by atoms with Crippen LogP contribution in [0.2, 0.25) is 0 Å². The summed E-state index contributed by atoms with van der Waals surface area (Å²) in [4.78, 5) is 62.7. The number of nitrogens with zero attached hydrogens (tertiary/aromatic N) is 2. The molecule has 1 saturated heterocycles. The van der Waals surface area contributed by atoms with E-state index in [1.165, 1.54) is 18.3 Å². The zero-order valence-electron chi connectivity index (χ0n) is 19.2. The van der Waals surface area contributed by atoms with Crippen LogP contribution in [0.3, 0.4) is 0 Å². The maximum Gasteiger partial charge on any atom is 0.330 e. The van der Waals surface area contributed by atoms with Gasteiger partial charge in [0.05, 0.1) is 5.56 Å². The van der Waals surface area contributed by atoms with Crippen molar-refractivity contribution < 1.29 is 39.5 Å². The Labute approximate surface area is 203 Å². The number of benzene rings is 1. The number of H-pyrrole nitrogens is 1. The molecule has 1 aliphatic rings. The Kier molecular flexibility index (Phi) is 8.24. The lowest BCUT2D eigenvalue weighted by atomic mass is 10.1. The summed E-state index contributed by atoms with van der Waals surface area (Å²) in [5.41, 5.74) is -0.445. The maximum absolute atomic E-state index is 12.4. The van der Waals surface area contributed by atoms with E-state index < -0.39 is 60.2 Å². The summed E-state index contributed by atoms with van der Waals surface area (Å²) < 4.78 is 6.24. The molecule has 6 N–H and O–H groups in total. The van der Waals surface area contributed by atoms with Crippen LogP contribution >= 0.6 is 0 Å². The summed E-state index contributed by atoms with van der Waals surface area (Å²) in [6, 6.07) is 4.66. The molecule has 4 unspecified atom stereocenters. The third kappa shape index (κ3) is 6.35. The van der Waals surface area contributed by atoms with E-state index in [0.29, 0.717) is 5.69 Å². The zero-order valence-corrected chi connectivity index (χ0v) is 19.2. The van der Waals surface area contributed by atoms with Gasteiger partial charge in [-0.1, -0.05) is 0 Å². The number of carbonyl (C=O) groups excluding carboxylic acids is 1. The van der Waals surface area contributed by atoms with Crippen molar-refractivity contribution in [3.05, 3.63) is 62.4 Å². The number of carboxylic acids is 2. The maximum atomic E-state index is 12.4. The van der Waals surface area contributed by atoms with Gasteiger partial charge in [-0.05, 0) is 30.7 Å². The highest BCUT2D eigenvalue weighted by Gasteiger charge is 2.34. The van der Waals surface area contributed by atoms with E-state index in [4.69, 9.17) is 9.84 Å². The third-order valence-corrected chi connectivity index (χ3v) is 5.65. The molecule has 1 aromatic carbocycles. The normalized spacial score (nSPS) is 20.0. The fourth-order valence-corrected chi connectivity index (χ4v) is 3.64. The predicted molar refractivity (Wildman–Crippen MR) is 122 cm³/mol. The van der Waals surface area contributed by atoms with Crippen molar-refractivity contribution in [3.8, 4) is 0 Å². The van der Waals surface area contributed by atoms with E-state index in [0.717, 1.165) is 4.57 Å². The summed E-state index contributed by atoms with van der Waals surface area (Å²) >= 11 is 0. The average Bonchev–Trinajstić information content (AvgIpc) is 3.15. The van der Waals surface area contributed by atoms with Gasteiger partial charge in [0.15, 0.2) is 6.29 Å². The number of rotatable bonds is 10. The van der Waals surface area contributed by atoms with Gasteiger partial charge in [0.2, 0.25) is 0 Å². The van der Waals surface area contributed by atoms with E-state index in [1.807, 2.05) is 0 Å². The molecule has 2 heterocycles. The number of aliphatic hydroxyl groups excluding tert-OH is 2. The highest BCUT2D eigenvalue weighted by molar-refractivity contribution is 5.96. The summed E-state index contributed by atoms with van der Waals surface area (Å²) in [7, 11) is 1.66. The number of aromatic amines is 1. The van der Waals surface area contributed by atoms with Crippen LogP contribution in [-0.4, -0.2) is 73.3 Å². The van der Waals surface area contributed by atoms with Crippen molar-refractivity contribution in [1.29, 1.82) is 0 Å². The second-order valence-electron chi connectivity index (χ2n) is 8.30. The molecule has 1 aromatic heterocycles. The molecule has 1 amide bonds. The molecule has 4 atom stereocenters. The van der Waals surface area contributed by atoms with Crippen LogP contribution in [-0.2, 0) is 20.9 Å². The van der Waals surface area contributed by atoms with E-state index >= 15 is 0 Å². The summed E-state index contributed by atoms with van der Waals surface area (Å²) in [5, 5.41) is 39.5. The van der Waals surface area contributed by atoms with E-state index in [9.17, 15) is 39.3 Å². The van der Waals surface area contributed by atoms with Crippen LogP contribution in [0.25, 0.3) is 0 Å². The van der Waals surface area contributed by atoms with Crippen molar-refractivity contribution in [2.45, 2.75) is 50.5 Å². The van der Waals surface area contributed by atoms with Crippen molar-refractivity contribution >= 4 is 23.5 Å². The first-order chi connectivity index (χ1) is 17.0. The molecule has 0 aliphatic carbocycles. The number of ether oxygens (including phenoxy) is 1. The van der Waals surface area contributed by atoms with Crippen LogP contribution in [0.5, 0.6) is 0 Å². The van der Waals surface area contributed by atoms with Crippen LogP contribution in [0.15, 0.2) is 40.1 Å². The largest absolute Gasteiger partial charge is 0.481 e. The molecular formula is C22H26N4O10. The van der Waals surface area contributed by atoms with Gasteiger partial charge in [0.25, 0.3) is 11.5 Å². The molecular weight excluding hydrogens is 480 g/mol. The standard InChI is InChI=1S/C22H26N4O10/c1-25(9-12-10-26(22(35)24-19(12)31)16-8-15(27)21(34)36-16)13-4-2-11(3-5-13)18(30)23-14(20(32)33)6-7-17(28)29/h2-5,10,14-16,21,27,34H,6-9H2,1H3,(H,23,30)(H,28,29)(H,32,33)(H,24,31,35). The van der Waals surface area contributed by atoms with Gasteiger partial charge in [-0.25, -0.2) is 9.59 Å². The van der Waals surface area contributed by atoms with Gasteiger partial charge in [-0.3, -0.25) is 23.9 Å². The summed E-state index contributed by atoms with van der Waals surface area (Å²) in [5.74, 6) is -3.21. The van der Waals surface area contributed by atoms with Crippen molar-refractivity contribution in [3.63, 3.8) is 0 Å². The molecule has 0 saturated carbocycles. The SMILES string of the molecule is CN(Cc1cn(C2CC(O)C(O)O2)c(=O)[nH]c1=O)c1ccc(C(=O)NC(CCC(=O)O)C(=O)O)cc1. The van der Waals surface area contributed by atoms with Gasteiger partial charge >= 0.3 is 17.6 Å². The quantitative estimate of drug-likeness (QED) is 0.226. The topological polar surface area (TPSA) is 211 Å². The van der Waals surface area contributed by atoms with Gasteiger partial charge in [0.1, 0.15) is 18.4 Å². The zero-order chi connectivity index (χ0) is 26.6. The Morgan fingerprint density at radius 2 is 1.86 bits per heavy atom. The molecule has 3 rings (SSSR count). The number of carboxylic acid groups (broad SMARTS) is 2. The van der Waals surface area contributed by atoms with Crippen molar-refractivity contribution in [1.82, 2.24) is 14.9 Å². The first-order valence-electron chi connectivity index (χ1n) is 10.9. The number of carbonyl (C=O) groups is 3. The number of aliphatic carboxylic acids is 2. The lowest BCUT2D eigenvalue weighted by Gasteiger charge is -2.21. The Hall–Kier alpha value is -4.01. The number of hydrogen-bond acceptors (Lipinski definition) is 9. The Bertz CT molecular complexity index is 1230. The summed E-state index contributed by atoms with van der Waals surface area (Å²) in [6.07, 6.45) is -2.99. The third-order valence-electron chi connectivity index (χ3n) is 5.65. The number of hydrogen-bond donors (Lipinski definition) is 6. The number of amides is 1. The number of nitrogens with one attached hydrogen (secondary N) is 2. The van der Waals surface area contributed by atoms with Gasteiger partial charge in [-0.2, -0.15) is 0 Å². The van der Waals surface area contributed by atoms with E-state index in [-0.39, 0.29) is 30.5 Å². The Balaban J connectivity index is 1.70. The van der Waals surface area contributed by atoms with E-state index in [1.54, 1.807) is 24.1 Å². The van der Waals surface area contributed by atoms with Crippen LogP contribution < -0.4 is 21.5 Å². The molecule has 194 valence electrons. The second kappa shape index (κ2) is 11.2. The molecule has 2 aromatic rings. The number of anilines is 1. The molecule has 1 aliphatic heterocycles. The fourth-order valence-electron chi connectivity index (χ4n) is 3.64. The molecule has 14 heteroatoms. The van der Waals surface area contributed by atoms with Gasteiger partial charge < -0.3 is 35.4 Å². The van der Waals surface area contributed by atoms with Crippen LogP contribution in [0.4, 0.5) is 5.69 Å². The monoisotopic (exact) mass is 506 g/mol. The van der Waals surface area contributed by atoms with Crippen molar-refractivity contribution in [2.75, 3.05) is 11.9 Å². The van der Waals surface area contributed by atoms with Gasteiger partial charge in [0, 0.05) is 43.9 Å². The molecule has 36 heavy (non-hydrogen) atoms. The molecule has 0 spiro atoms. The highest BCUT2D eigenvalue weighted by Crippen LogP contribution is 2.26. The molecule has 14 nitrogen and oxygen atoms in total. The van der Waals surface area contributed by atoms with Gasteiger partial charge in [-0.15, -0.1) is 0 Å². The number of aromatic nitrogens is 2. The lowest BCUT2D eigenvalue weighted by molar-refractivity contribution is -0.142. The molecule has 0 radical (unpaired) electrons. The number of aliphatic hydroxyl groups is 2. The van der Waals surface area contributed by atoms with Crippen molar-refractivity contribution in [2.24, 2.45) is 0 Å². The fraction of sp³-hybridized carbons (Fsp3) is 0.409. The first kappa shape index (κ1) is 26.6. The molecule has 1 fully saturated rings. The molecule has 0 bridgehead atoms. The Morgan fingerprint density at radius 3 is 2.42 bits per heavy atom. The smallest absolute Gasteiger partial charge is 0.330 e. The van der Waals surface area contributed by atoms with Crippen LogP contribution in [0.1, 0.15) is 41.4 Å². The minimum atomic E-state index is -1.45. The lowest BCUT2D eigenvalue weighted by Crippen LogP contribution is -2.41. The van der Waals surface area contributed by atoms with Crippen LogP contribution in [0, 0.1) is 0 Å². The van der Waals surface area contributed by atoms with E-state index in [2.05, 4.69) is 10.3 Å². The average molecular weight is 506 g/mol. The minimum absolute atomic E-state index is 0.0367. The summed E-state index contributed by atoms with van der Waals surface area (Å²) in [6.45, 7) is 0.0509.